The number of hydrogen-bond donors (Lipinski definition) is 2. The summed E-state index contributed by atoms with van der Waals surface area (Å²) in [6.45, 7) is 0.0150. The highest BCUT2D eigenvalue weighted by Crippen LogP contribution is 2.32. The van der Waals surface area contributed by atoms with Crippen molar-refractivity contribution in [3.05, 3.63) is 78.4 Å². The Hall–Kier alpha value is -2.98. The predicted octanol–water partition coefficient (Wildman–Crippen LogP) is 4.97. The van der Waals surface area contributed by atoms with Gasteiger partial charge in [-0.05, 0) is 41.5 Å². The number of aromatic hydroxyl groups is 1. The second-order valence-electron chi connectivity index (χ2n) is 5.09. The normalized spacial score (nSPS) is 11.0. The number of rotatable bonds is 4. The van der Waals surface area contributed by atoms with Gasteiger partial charge in [0, 0.05) is 5.56 Å². The molecule has 3 aromatic rings. The number of phenolic OH excluding ortho intramolecular Hbond substituents is 1. The second-order valence-corrected chi connectivity index (χ2v) is 5.09. The lowest BCUT2D eigenvalue weighted by Gasteiger charge is -2.05. The molecule has 0 aliphatic carbocycles. The van der Waals surface area contributed by atoms with Gasteiger partial charge >= 0.3 is 0 Å². The van der Waals surface area contributed by atoms with Crippen LogP contribution in [0.15, 0.2) is 83.0 Å². The molecule has 0 aliphatic rings. The van der Waals surface area contributed by atoms with Gasteiger partial charge in [-0.1, -0.05) is 42.5 Å². The highest BCUT2D eigenvalue weighted by Gasteiger charge is 2.04. The van der Waals surface area contributed by atoms with E-state index in [0.29, 0.717) is 0 Å². The molecule has 0 amide bonds. The maximum absolute atomic E-state index is 9.41. The molecule has 0 unspecified atom stereocenters. The van der Waals surface area contributed by atoms with Gasteiger partial charge in [0.15, 0.2) is 0 Å². The van der Waals surface area contributed by atoms with Crippen molar-refractivity contribution in [1.29, 1.82) is 0 Å². The van der Waals surface area contributed by atoms with Crippen LogP contribution in [0, 0.1) is 0 Å². The Balaban J connectivity index is 1.90. The zero-order chi connectivity index (χ0) is 16.1. The van der Waals surface area contributed by atoms with Crippen molar-refractivity contribution in [3.8, 4) is 16.9 Å². The topological polar surface area (TPSA) is 65.2 Å². The largest absolute Gasteiger partial charge is 0.508 e. The molecule has 3 aromatic carbocycles. The van der Waals surface area contributed by atoms with E-state index in [9.17, 15) is 5.11 Å². The zero-order valence-electron chi connectivity index (χ0n) is 12.4. The fourth-order valence-electron chi connectivity index (χ4n) is 2.23. The average molecular weight is 304 g/mol. The van der Waals surface area contributed by atoms with E-state index in [0.717, 1.165) is 28.1 Å². The number of aliphatic hydroxyl groups excluding tert-OH is 1. The van der Waals surface area contributed by atoms with Crippen molar-refractivity contribution < 1.29 is 10.2 Å². The highest BCUT2D eigenvalue weighted by molar-refractivity contribution is 5.75. The Morgan fingerprint density at radius 3 is 2.13 bits per heavy atom. The first kappa shape index (κ1) is 14.9. The molecule has 0 spiro atoms. The predicted molar refractivity (Wildman–Crippen MR) is 90.1 cm³/mol. The van der Waals surface area contributed by atoms with Crippen LogP contribution in [0.2, 0.25) is 0 Å². The van der Waals surface area contributed by atoms with Gasteiger partial charge < -0.3 is 10.2 Å². The van der Waals surface area contributed by atoms with Gasteiger partial charge in [0.1, 0.15) is 5.75 Å². The summed E-state index contributed by atoms with van der Waals surface area (Å²) < 4.78 is 0. The number of hydrogen-bond acceptors (Lipinski definition) is 4. The SMILES string of the molecule is OCc1ccc(N=Nc2ccccc2-c2ccc(O)cc2)cc1. The van der Waals surface area contributed by atoms with Gasteiger partial charge in [0.05, 0.1) is 18.0 Å². The third kappa shape index (κ3) is 3.62. The van der Waals surface area contributed by atoms with Crippen LogP contribution in [0.1, 0.15) is 5.56 Å². The molecule has 0 heterocycles. The van der Waals surface area contributed by atoms with E-state index in [1.165, 1.54) is 0 Å². The summed E-state index contributed by atoms with van der Waals surface area (Å²) in [5.74, 6) is 0.233. The fourth-order valence-corrected chi connectivity index (χ4v) is 2.23. The summed E-state index contributed by atoms with van der Waals surface area (Å²) in [7, 11) is 0. The lowest BCUT2D eigenvalue weighted by Crippen LogP contribution is -1.80. The summed E-state index contributed by atoms with van der Waals surface area (Å²) in [6, 6.07) is 22.0. The minimum Gasteiger partial charge on any atom is -0.508 e. The quantitative estimate of drug-likeness (QED) is 0.668. The van der Waals surface area contributed by atoms with E-state index in [1.807, 2.05) is 60.7 Å². The van der Waals surface area contributed by atoms with Crippen LogP contribution in [0.5, 0.6) is 5.75 Å². The van der Waals surface area contributed by atoms with E-state index in [2.05, 4.69) is 10.2 Å². The van der Waals surface area contributed by atoms with E-state index in [-0.39, 0.29) is 12.4 Å². The Kier molecular flexibility index (Phi) is 4.45. The number of aliphatic hydroxyl groups is 1. The number of azo groups is 1. The highest BCUT2D eigenvalue weighted by atomic mass is 16.3. The first-order valence-corrected chi connectivity index (χ1v) is 7.26. The molecule has 0 radical (unpaired) electrons. The number of nitrogens with zero attached hydrogens (tertiary/aromatic N) is 2. The molecule has 2 N–H and O–H groups in total. The summed E-state index contributed by atoms with van der Waals surface area (Å²) in [5, 5.41) is 27.0. The number of phenols is 1. The summed E-state index contributed by atoms with van der Waals surface area (Å²) >= 11 is 0. The molecule has 4 nitrogen and oxygen atoms in total. The molecule has 0 aliphatic heterocycles. The molecule has 3 rings (SSSR count). The maximum Gasteiger partial charge on any atom is 0.115 e. The van der Waals surface area contributed by atoms with Crippen molar-refractivity contribution in [1.82, 2.24) is 0 Å². The van der Waals surface area contributed by atoms with Gasteiger partial charge in [-0.2, -0.15) is 5.11 Å². The first-order chi connectivity index (χ1) is 11.3. The molecule has 23 heavy (non-hydrogen) atoms. The average Bonchev–Trinajstić information content (AvgIpc) is 2.61. The van der Waals surface area contributed by atoms with Gasteiger partial charge in [-0.25, -0.2) is 0 Å². The van der Waals surface area contributed by atoms with Crippen LogP contribution in [-0.4, -0.2) is 10.2 Å². The Bertz CT molecular complexity index is 810. The van der Waals surface area contributed by atoms with Crippen molar-refractivity contribution >= 4 is 11.4 Å². The lowest BCUT2D eigenvalue weighted by molar-refractivity contribution is 0.282. The molecule has 0 atom stereocenters. The van der Waals surface area contributed by atoms with Crippen molar-refractivity contribution in [2.24, 2.45) is 10.2 Å². The van der Waals surface area contributed by atoms with Crippen LogP contribution in [-0.2, 0) is 6.61 Å². The molecule has 0 fully saturated rings. The zero-order valence-corrected chi connectivity index (χ0v) is 12.4. The first-order valence-electron chi connectivity index (χ1n) is 7.26. The van der Waals surface area contributed by atoms with Gasteiger partial charge in [0.25, 0.3) is 0 Å². The van der Waals surface area contributed by atoms with Crippen molar-refractivity contribution in [3.63, 3.8) is 0 Å². The molecule has 0 saturated carbocycles. The Labute approximate surface area is 134 Å². The molecule has 0 bridgehead atoms. The minimum absolute atomic E-state index is 0.0150. The van der Waals surface area contributed by atoms with Crippen molar-refractivity contribution in [2.45, 2.75) is 6.61 Å². The minimum atomic E-state index is 0.0150. The van der Waals surface area contributed by atoms with E-state index < -0.39 is 0 Å². The lowest BCUT2D eigenvalue weighted by atomic mass is 10.0. The summed E-state index contributed by atoms with van der Waals surface area (Å²) in [5.41, 5.74) is 4.23. The molecule has 0 aromatic heterocycles. The van der Waals surface area contributed by atoms with Crippen molar-refractivity contribution in [2.75, 3.05) is 0 Å². The number of benzene rings is 3. The van der Waals surface area contributed by atoms with E-state index in [4.69, 9.17) is 5.11 Å². The molecule has 0 saturated heterocycles. The van der Waals surface area contributed by atoms with Crippen LogP contribution in [0.25, 0.3) is 11.1 Å². The van der Waals surface area contributed by atoms with Crippen LogP contribution in [0.4, 0.5) is 11.4 Å². The molecule has 4 heteroatoms. The van der Waals surface area contributed by atoms with E-state index in [1.54, 1.807) is 12.1 Å². The van der Waals surface area contributed by atoms with Crippen LogP contribution < -0.4 is 0 Å². The van der Waals surface area contributed by atoms with Gasteiger partial charge in [-0.3, -0.25) is 0 Å². The Morgan fingerprint density at radius 1 is 0.739 bits per heavy atom. The fraction of sp³-hybridized carbons (Fsp3) is 0.0526. The van der Waals surface area contributed by atoms with Gasteiger partial charge in [-0.15, -0.1) is 5.11 Å². The third-order valence-corrected chi connectivity index (χ3v) is 3.47. The third-order valence-electron chi connectivity index (χ3n) is 3.47. The monoisotopic (exact) mass is 304 g/mol. The molecule has 114 valence electrons. The standard InChI is InChI=1S/C19H16N2O2/c22-13-14-5-9-16(10-6-14)20-21-19-4-2-1-3-18(19)15-7-11-17(23)12-8-15/h1-12,22-23H,13H2. The van der Waals surface area contributed by atoms with Crippen LogP contribution in [0.3, 0.4) is 0 Å². The summed E-state index contributed by atoms with van der Waals surface area (Å²) in [6.07, 6.45) is 0. The Morgan fingerprint density at radius 2 is 1.43 bits per heavy atom. The van der Waals surface area contributed by atoms with E-state index >= 15 is 0 Å². The molecular formula is C19H16N2O2. The second kappa shape index (κ2) is 6.85. The van der Waals surface area contributed by atoms with Crippen LogP contribution >= 0.6 is 0 Å². The molecular weight excluding hydrogens is 288 g/mol. The summed E-state index contributed by atoms with van der Waals surface area (Å²) in [4.78, 5) is 0. The maximum atomic E-state index is 9.41. The van der Waals surface area contributed by atoms with Gasteiger partial charge in [0.2, 0.25) is 0 Å². The smallest absolute Gasteiger partial charge is 0.115 e.